The van der Waals surface area contributed by atoms with Crippen LogP contribution in [-0.2, 0) is 14.9 Å². The minimum Gasteiger partial charge on any atom is -0.465 e. The molecule has 0 aliphatic carbocycles. The Balaban J connectivity index is 1.85. The number of benzene rings is 1. The Morgan fingerprint density at radius 1 is 1.19 bits per heavy atom. The van der Waals surface area contributed by atoms with Gasteiger partial charge in [-0.3, -0.25) is 0 Å². The zero-order valence-electron chi connectivity index (χ0n) is 13.5. The first-order chi connectivity index (χ1) is 12.4. The summed E-state index contributed by atoms with van der Waals surface area (Å²) in [4.78, 5) is 16.1. The van der Waals surface area contributed by atoms with Crippen molar-refractivity contribution in [1.82, 2.24) is 4.98 Å². The fraction of sp³-hybridized carbons (Fsp3) is 0.125. The molecule has 0 saturated heterocycles. The van der Waals surface area contributed by atoms with Gasteiger partial charge in [0.05, 0.1) is 27.0 Å². The van der Waals surface area contributed by atoms with Crippen molar-refractivity contribution < 1.29 is 22.1 Å². The summed E-state index contributed by atoms with van der Waals surface area (Å²) in [7, 11) is -2.99. The van der Waals surface area contributed by atoms with Gasteiger partial charge in [0.15, 0.2) is 5.75 Å². The van der Waals surface area contributed by atoms with Crippen LogP contribution in [0.5, 0.6) is 5.75 Å². The van der Waals surface area contributed by atoms with E-state index in [0.717, 1.165) is 31.3 Å². The Kier molecular flexibility index (Phi) is 4.22. The Bertz CT molecular complexity index is 1250. The number of thiophene rings is 2. The van der Waals surface area contributed by atoms with Gasteiger partial charge in [0.2, 0.25) is 0 Å². The molecule has 0 aliphatic rings. The van der Waals surface area contributed by atoms with Crippen molar-refractivity contribution in [2.75, 3.05) is 7.11 Å². The molecule has 0 aliphatic heterocycles. The van der Waals surface area contributed by atoms with Crippen LogP contribution in [0.2, 0.25) is 0 Å². The predicted octanol–water partition coefficient (Wildman–Crippen LogP) is 4.44. The van der Waals surface area contributed by atoms with E-state index in [1.54, 1.807) is 12.1 Å². The zero-order chi connectivity index (χ0) is 18.5. The summed E-state index contributed by atoms with van der Waals surface area (Å²) in [6.07, 6.45) is 0. The minimum atomic E-state index is -4.19. The van der Waals surface area contributed by atoms with Crippen molar-refractivity contribution in [3.8, 4) is 5.75 Å². The number of nitrogens with zero attached hydrogens (tertiary/aromatic N) is 1. The number of carbonyl (C=O) groups excluding carboxylic acids is 1. The van der Waals surface area contributed by atoms with E-state index in [1.807, 2.05) is 12.3 Å². The van der Waals surface area contributed by atoms with Crippen molar-refractivity contribution in [2.45, 2.75) is 11.8 Å². The van der Waals surface area contributed by atoms with E-state index >= 15 is 0 Å². The highest BCUT2D eigenvalue weighted by atomic mass is 32.2. The van der Waals surface area contributed by atoms with Crippen molar-refractivity contribution in [2.24, 2.45) is 0 Å². The van der Waals surface area contributed by atoms with E-state index in [2.05, 4.69) is 9.72 Å². The molecule has 0 saturated carbocycles. The molecule has 1 aromatic carbocycles. The minimum absolute atomic E-state index is 0.0104. The molecule has 0 unspecified atom stereocenters. The molecular weight excluding hydrogens is 414 g/mol. The second kappa shape index (κ2) is 6.31. The van der Waals surface area contributed by atoms with Gasteiger partial charge in [-0.15, -0.1) is 34.0 Å². The van der Waals surface area contributed by atoms with E-state index in [9.17, 15) is 13.2 Å². The molecule has 0 amide bonds. The molecule has 10 heteroatoms. The average molecular weight is 426 g/mol. The molecule has 4 aromatic rings. The quantitative estimate of drug-likeness (QED) is 0.355. The van der Waals surface area contributed by atoms with Crippen LogP contribution < -0.4 is 4.18 Å². The predicted molar refractivity (Wildman–Crippen MR) is 103 cm³/mol. The zero-order valence-corrected chi connectivity index (χ0v) is 16.8. The number of thiazole rings is 1. The Morgan fingerprint density at radius 2 is 1.96 bits per heavy atom. The molecule has 0 atom stereocenters. The lowest BCUT2D eigenvalue weighted by Gasteiger charge is -2.08. The lowest BCUT2D eigenvalue weighted by atomic mass is 10.2. The summed E-state index contributed by atoms with van der Waals surface area (Å²) in [5.74, 6) is -0.490. The molecule has 3 aromatic heterocycles. The monoisotopic (exact) mass is 425 g/mol. The van der Waals surface area contributed by atoms with Crippen LogP contribution in [-0.4, -0.2) is 26.5 Å². The van der Waals surface area contributed by atoms with Gasteiger partial charge in [-0.25, -0.2) is 9.78 Å². The van der Waals surface area contributed by atoms with E-state index in [-0.39, 0.29) is 15.5 Å². The maximum atomic E-state index is 12.8. The summed E-state index contributed by atoms with van der Waals surface area (Å²) in [6, 6.07) is 4.82. The molecule has 0 N–H and O–H groups in total. The molecule has 0 fully saturated rings. The van der Waals surface area contributed by atoms with Gasteiger partial charge in [-0.05, 0) is 29.8 Å². The molecule has 0 spiro atoms. The second-order valence-corrected chi connectivity index (χ2v) is 9.84. The SMILES string of the molecule is COC(=O)c1sccc1S(=O)(=O)Oc1cc2sc(C)nc2c2sccc12. The van der Waals surface area contributed by atoms with Gasteiger partial charge >= 0.3 is 16.1 Å². The summed E-state index contributed by atoms with van der Waals surface area (Å²) >= 11 is 3.94. The highest BCUT2D eigenvalue weighted by molar-refractivity contribution is 7.87. The summed E-state index contributed by atoms with van der Waals surface area (Å²) < 4.78 is 37.3. The third kappa shape index (κ3) is 2.78. The van der Waals surface area contributed by atoms with Gasteiger partial charge in [-0.1, -0.05) is 0 Å². The number of fused-ring (bicyclic) bond motifs is 3. The van der Waals surface area contributed by atoms with Gasteiger partial charge in [0.25, 0.3) is 0 Å². The lowest BCUT2D eigenvalue weighted by Crippen LogP contribution is -2.13. The van der Waals surface area contributed by atoms with Gasteiger partial charge in [0.1, 0.15) is 9.77 Å². The summed E-state index contributed by atoms with van der Waals surface area (Å²) in [6.45, 7) is 1.90. The number of aryl methyl sites for hydroxylation is 1. The van der Waals surface area contributed by atoms with Crippen LogP contribution in [0.4, 0.5) is 0 Å². The number of hydrogen-bond acceptors (Lipinski definition) is 9. The fourth-order valence-electron chi connectivity index (χ4n) is 2.55. The third-order valence-electron chi connectivity index (χ3n) is 3.64. The first-order valence-electron chi connectivity index (χ1n) is 7.28. The Morgan fingerprint density at radius 3 is 2.73 bits per heavy atom. The maximum Gasteiger partial charge on any atom is 0.349 e. The lowest BCUT2D eigenvalue weighted by molar-refractivity contribution is 0.0602. The smallest absolute Gasteiger partial charge is 0.349 e. The normalized spacial score (nSPS) is 11.9. The van der Waals surface area contributed by atoms with E-state index in [1.165, 1.54) is 41.2 Å². The number of carbonyl (C=O) groups is 1. The topological polar surface area (TPSA) is 82.6 Å². The van der Waals surface area contributed by atoms with Crippen LogP contribution in [0, 0.1) is 6.92 Å². The van der Waals surface area contributed by atoms with E-state index in [0.29, 0.717) is 5.39 Å². The van der Waals surface area contributed by atoms with Gasteiger partial charge in [-0.2, -0.15) is 8.42 Å². The first kappa shape index (κ1) is 17.4. The maximum absolute atomic E-state index is 12.8. The molecule has 0 bridgehead atoms. The number of rotatable bonds is 4. The first-order valence-corrected chi connectivity index (χ1v) is 11.3. The highest BCUT2D eigenvalue weighted by Gasteiger charge is 2.27. The van der Waals surface area contributed by atoms with Crippen LogP contribution >= 0.6 is 34.0 Å². The number of hydrogen-bond donors (Lipinski definition) is 0. The standard InChI is InChI=1S/C16H11NO5S4/c1-8-17-13-11(25-8)7-10(9-3-5-23-14(9)13)22-26(19,20)12-4-6-24-15(12)16(18)21-2/h3-7H,1-2H3. The number of esters is 1. The molecule has 3 heterocycles. The van der Waals surface area contributed by atoms with Crippen molar-refractivity contribution in [1.29, 1.82) is 0 Å². The van der Waals surface area contributed by atoms with Crippen molar-refractivity contribution in [3.05, 3.63) is 38.8 Å². The highest BCUT2D eigenvalue weighted by Crippen LogP contribution is 2.40. The fourth-order valence-corrected chi connectivity index (χ4v) is 6.64. The molecule has 134 valence electrons. The van der Waals surface area contributed by atoms with Crippen LogP contribution in [0.1, 0.15) is 14.7 Å². The number of ether oxygens (including phenoxy) is 1. The molecule has 0 radical (unpaired) electrons. The third-order valence-corrected chi connectivity index (χ3v) is 7.78. The summed E-state index contributed by atoms with van der Waals surface area (Å²) in [5, 5.41) is 4.94. The second-order valence-electron chi connectivity index (χ2n) is 5.26. The van der Waals surface area contributed by atoms with Crippen LogP contribution in [0.15, 0.2) is 33.9 Å². The number of methoxy groups -OCH3 is 1. The van der Waals surface area contributed by atoms with Crippen LogP contribution in [0.3, 0.4) is 0 Å². The number of aromatic nitrogens is 1. The summed E-state index contributed by atoms with van der Waals surface area (Å²) in [5.41, 5.74) is 0.841. The molecular formula is C16H11NO5S4. The van der Waals surface area contributed by atoms with E-state index in [4.69, 9.17) is 4.18 Å². The molecule has 26 heavy (non-hydrogen) atoms. The van der Waals surface area contributed by atoms with Crippen molar-refractivity contribution >= 4 is 70.4 Å². The largest absolute Gasteiger partial charge is 0.465 e. The van der Waals surface area contributed by atoms with Crippen LogP contribution in [0.25, 0.3) is 20.3 Å². The van der Waals surface area contributed by atoms with Gasteiger partial charge < -0.3 is 8.92 Å². The molecule has 6 nitrogen and oxygen atoms in total. The van der Waals surface area contributed by atoms with Crippen molar-refractivity contribution in [3.63, 3.8) is 0 Å². The average Bonchev–Trinajstić information content (AvgIpc) is 3.31. The molecule has 4 rings (SSSR count). The van der Waals surface area contributed by atoms with Gasteiger partial charge in [0, 0.05) is 11.5 Å². The Hall–Kier alpha value is -2.01. The van der Waals surface area contributed by atoms with E-state index < -0.39 is 16.1 Å². The Labute approximate surface area is 160 Å².